The van der Waals surface area contributed by atoms with Gasteiger partial charge >= 0.3 is 6.61 Å². The van der Waals surface area contributed by atoms with Crippen molar-refractivity contribution in [2.75, 3.05) is 20.2 Å². The van der Waals surface area contributed by atoms with Gasteiger partial charge in [-0.25, -0.2) is 0 Å². The number of halogens is 2. The maximum Gasteiger partial charge on any atom is 0.387 e. The van der Waals surface area contributed by atoms with Crippen LogP contribution in [-0.4, -0.2) is 48.8 Å². The quantitative estimate of drug-likeness (QED) is 0.596. The van der Waals surface area contributed by atoms with Crippen molar-refractivity contribution in [3.8, 4) is 11.5 Å². The molecule has 0 bridgehead atoms. The second-order valence-electron chi connectivity index (χ2n) is 6.72. The number of rotatable bonds is 8. The van der Waals surface area contributed by atoms with Crippen LogP contribution >= 0.6 is 11.8 Å². The van der Waals surface area contributed by atoms with E-state index in [1.54, 1.807) is 18.2 Å². The first-order chi connectivity index (χ1) is 15.3. The van der Waals surface area contributed by atoms with E-state index in [4.69, 9.17) is 4.74 Å². The predicted octanol–water partition coefficient (Wildman–Crippen LogP) is 4.07. The molecule has 0 radical (unpaired) electrons. The lowest BCUT2D eigenvalue weighted by Gasteiger charge is -2.13. The lowest BCUT2D eigenvalue weighted by atomic mass is 10.1. The van der Waals surface area contributed by atoms with Crippen molar-refractivity contribution in [1.82, 2.24) is 10.2 Å². The van der Waals surface area contributed by atoms with Crippen LogP contribution in [0.3, 0.4) is 0 Å². The smallest absolute Gasteiger partial charge is 0.387 e. The number of methoxy groups -OCH3 is 1. The Morgan fingerprint density at radius 3 is 2.56 bits per heavy atom. The number of imide groups is 1. The number of ether oxygens (including phenoxy) is 2. The molecule has 2 aromatic carbocycles. The fraction of sp³-hybridized carbons (Fsp3) is 0.227. The molecule has 168 valence electrons. The molecule has 1 heterocycles. The van der Waals surface area contributed by atoms with Gasteiger partial charge in [0, 0.05) is 18.7 Å². The van der Waals surface area contributed by atoms with Crippen LogP contribution in [0.4, 0.5) is 13.6 Å². The van der Waals surface area contributed by atoms with Gasteiger partial charge in [-0.1, -0.05) is 18.2 Å². The normalized spacial score (nSPS) is 14.9. The standard InChI is InChI=1S/C22H20F2N2O5S/c1-13-3-6-15(12-17(13)30-2)19(27)25-9-10-26-20(28)18(32-22(26)29)11-14-4-7-16(8-5-14)31-21(23)24/h3-8,11-12,21H,9-10H2,1-2H3,(H,25,27)/b18-11-. The first-order valence-electron chi connectivity index (χ1n) is 9.51. The fourth-order valence-corrected chi connectivity index (χ4v) is 3.80. The number of amides is 3. The summed E-state index contributed by atoms with van der Waals surface area (Å²) in [4.78, 5) is 38.4. The molecule has 1 N–H and O–H groups in total. The van der Waals surface area contributed by atoms with E-state index in [1.165, 1.54) is 37.5 Å². The van der Waals surface area contributed by atoms with E-state index >= 15 is 0 Å². The molecule has 10 heteroatoms. The van der Waals surface area contributed by atoms with Gasteiger partial charge in [-0.2, -0.15) is 8.78 Å². The fourth-order valence-electron chi connectivity index (χ4n) is 2.93. The monoisotopic (exact) mass is 462 g/mol. The average molecular weight is 462 g/mol. The Labute approximate surface area is 187 Å². The molecule has 32 heavy (non-hydrogen) atoms. The molecule has 0 aliphatic carbocycles. The first kappa shape index (κ1) is 23.3. The second-order valence-corrected chi connectivity index (χ2v) is 7.71. The Bertz CT molecular complexity index is 1060. The van der Waals surface area contributed by atoms with Crippen LogP contribution < -0.4 is 14.8 Å². The second kappa shape index (κ2) is 10.3. The molecule has 0 unspecified atom stereocenters. The Hall–Kier alpha value is -3.40. The Balaban J connectivity index is 1.58. The third kappa shape index (κ3) is 5.64. The molecule has 7 nitrogen and oxygen atoms in total. The van der Waals surface area contributed by atoms with E-state index in [-0.39, 0.29) is 29.7 Å². The molecule has 3 rings (SSSR count). The van der Waals surface area contributed by atoms with Gasteiger partial charge in [0.05, 0.1) is 12.0 Å². The SMILES string of the molecule is COc1cc(C(=O)NCCN2C(=O)S/C(=C\c3ccc(OC(F)F)cc3)C2=O)ccc1C. The number of nitrogens with zero attached hydrogens (tertiary/aromatic N) is 1. The van der Waals surface area contributed by atoms with Crippen LogP contribution in [0.1, 0.15) is 21.5 Å². The summed E-state index contributed by atoms with van der Waals surface area (Å²) >= 11 is 0.771. The summed E-state index contributed by atoms with van der Waals surface area (Å²) in [5, 5.41) is 2.23. The molecule has 0 aromatic heterocycles. The van der Waals surface area contributed by atoms with Crippen LogP contribution in [-0.2, 0) is 4.79 Å². The minimum absolute atomic E-state index is 0.00723. The van der Waals surface area contributed by atoms with Crippen molar-refractivity contribution in [3.05, 3.63) is 64.1 Å². The molecule has 0 atom stereocenters. The summed E-state index contributed by atoms with van der Waals surface area (Å²) in [5.41, 5.74) is 1.85. The maximum atomic E-state index is 12.6. The topological polar surface area (TPSA) is 84.9 Å². The van der Waals surface area contributed by atoms with Crippen molar-refractivity contribution in [2.24, 2.45) is 0 Å². The van der Waals surface area contributed by atoms with Crippen LogP contribution in [0.5, 0.6) is 11.5 Å². The van der Waals surface area contributed by atoms with E-state index < -0.39 is 17.8 Å². The highest BCUT2D eigenvalue weighted by molar-refractivity contribution is 8.18. The Kier molecular flexibility index (Phi) is 7.47. The lowest BCUT2D eigenvalue weighted by molar-refractivity contribution is -0.122. The summed E-state index contributed by atoms with van der Waals surface area (Å²) in [6, 6.07) is 10.7. The molecular formula is C22H20F2N2O5S. The van der Waals surface area contributed by atoms with Crippen molar-refractivity contribution in [2.45, 2.75) is 13.5 Å². The zero-order chi connectivity index (χ0) is 23.3. The molecule has 1 aliphatic rings. The summed E-state index contributed by atoms with van der Waals surface area (Å²) in [6.07, 6.45) is 1.49. The number of carbonyl (C=O) groups excluding carboxylic acids is 3. The van der Waals surface area contributed by atoms with Gasteiger partial charge in [-0.3, -0.25) is 19.3 Å². The minimum Gasteiger partial charge on any atom is -0.496 e. The highest BCUT2D eigenvalue weighted by atomic mass is 32.2. The molecule has 1 saturated heterocycles. The number of carbonyl (C=O) groups is 3. The minimum atomic E-state index is -2.93. The third-order valence-electron chi connectivity index (χ3n) is 4.57. The van der Waals surface area contributed by atoms with Gasteiger partial charge in [0.2, 0.25) is 0 Å². The summed E-state index contributed by atoms with van der Waals surface area (Å²) in [6.45, 7) is -0.969. The number of hydrogen-bond acceptors (Lipinski definition) is 6. The summed E-state index contributed by atoms with van der Waals surface area (Å²) < 4.78 is 33.9. The van der Waals surface area contributed by atoms with Crippen LogP contribution in [0.2, 0.25) is 0 Å². The first-order valence-corrected chi connectivity index (χ1v) is 10.3. The van der Waals surface area contributed by atoms with Gasteiger partial charge in [-0.15, -0.1) is 0 Å². The highest BCUT2D eigenvalue weighted by Gasteiger charge is 2.34. The van der Waals surface area contributed by atoms with Gasteiger partial charge < -0.3 is 14.8 Å². The Morgan fingerprint density at radius 1 is 1.19 bits per heavy atom. The number of thioether (sulfide) groups is 1. The molecule has 2 aromatic rings. The zero-order valence-corrected chi connectivity index (χ0v) is 18.1. The van der Waals surface area contributed by atoms with Crippen molar-refractivity contribution in [1.29, 1.82) is 0 Å². The lowest BCUT2D eigenvalue weighted by Crippen LogP contribution is -2.37. The van der Waals surface area contributed by atoms with Gasteiger partial charge in [-0.05, 0) is 60.2 Å². The number of hydrogen-bond donors (Lipinski definition) is 1. The van der Waals surface area contributed by atoms with Gasteiger partial charge in [0.15, 0.2) is 0 Å². The average Bonchev–Trinajstić information content (AvgIpc) is 3.02. The molecule has 1 fully saturated rings. The van der Waals surface area contributed by atoms with Crippen molar-refractivity contribution < 1.29 is 32.6 Å². The molecule has 0 spiro atoms. The summed E-state index contributed by atoms with van der Waals surface area (Å²) in [7, 11) is 1.52. The molecular weight excluding hydrogens is 442 g/mol. The van der Waals surface area contributed by atoms with E-state index in [1.807, 2.05) is 6.92 Å². The molecule has 1 aliphatic heterocycles. The van der Waals surface area contributed by atoms with Crippen LogP contribution in [0.15, 0.2) is 47.4 Å². The molecule has 3 amide bonds. The number of aryl methyl sites for hydroxylation is 1. The van der Waals surface area contributed by atoms with Crippen molar-refractivity contribution in [3.63, 3.8) is 0 Å². The maximum absolute atomic E-state index is 12.6. The number of benzene rings is 2. The third-order valence-corrected chi connectivity index (χ3v) is 5.48. The number of nitrogens with one attached hydrogen (secondary N) is 1. The van der Waals surface area contributed by atoms with Gasteiger partial charge in [0.25, 0.3) is 17.1 Å². The largest absolute Gasteiger partial charge is 0.496 e. The number of alkyl halides is 2. The van der Waals surface area contributed by atoms with E-state index in [0.29, 0.717) is 16.9 Å². The van der Waals surface area contributed by atoms with E-state index in [2.05, 4.69) is 10.1 Å². The van der Waals surface area contributed by atoms with E-state index in [0.717, 1.165) is 22.2 Å². The Morgan fingerprint density at radius 2 is 1.91 bits per heavy atom. The predicted molar refractivity (Wildman–Crippen MR) is 116 cm³/mol. The zero-order valence-electron chi connectivity index (χ0n) is 17.3. The van der Waals surface area contributed by atoms with Crippen LogP contribution in [0, 0.1) is 6.92 Å². The van der Waals surface area contributed by atoms with Crippen molar-refractivity contribution >= 4 is 34.9 Å². The van der Waals surface area contributed by atoms with Crippen LogP contribution in [0.25, 0.3) is 6.08 Å². The van der Waals surface area contributed by atoms with Gasteiger partial charge in [0.1, 0.15) is 11.5 Å². The van der Waals surface area contributed by atoms with E-state index in [9.17, 15) is 23.2 Å². The molecule has 0 saturated carbocycles. The summed E-state index contributed by atoms with van der Waals surface area (Å²) in [5.74, 6) is -0.259. The highest BCUT2D eigenvalue weighted by Crippen LogP contribution is 2.32.